The minimum atomic E-state index is 0.0224. The summed E-state index contributed by atoms with van der Waals surface area (Å²) in [6.07, 6.45) is 1.82. The van der Waals surface area contributed by atoms with E-state index in [-0.39, 0.29) is 23.9 Å². The summed E-state index contributed by atoms with van der Waals surface area (Å²) in [6, 6.07) is 15.0. The van der Waals surface area contributed by atoms with E-state index in [0.717, 1.165) is 38.2 Å². The lowest BCUT2D eigenvalue weighted by Crippen LogP contribution is -2.56. The van der Waals surface area contributed by atoms with E-state index in [1.165, 1.54) is 0 Å². The van der Waals surface area contributed by atoms with Crippen LogP contribution in [-0.2, 0) is 4.79 Å². The average molecular weight is 451 g/mol. The van der Waals surface area contributed by atoms with Gasteiger partial charge in [0, 0.05) is 67.9 Å². The average Bonchev–Trinajstić information content (AvgIpc) is 2.80. The first-order valence-corrected chi connectivity index (χ1v) is 11.5. The Morgan fingerprint density at radius 2 is 1.82 bits per heavy atom. The highest BCUT2D eigenvalue weighted by Gasteiger charge is 2.33. The van der Waals surface area contributed by atoms with Crippen molar-refractivity contribution >= 4 is 28.9 Å². The number of nitrogens with zero attached hydrogens (tertiary/aromatic N) is 4. The van der Waals surface area contributed by atoms with Crippen LogP contribution in [0, 0.1) is 0 Å². The number of hydrogen-bond acceptors (Lipinski definition) is 6. The van der Waals surface area contributed by atoms with Gasteiger partial charge < -0.3 is 26.2 Å². The number of anilines is 3. The minimum Gasteiger partial charge on any atom is -0.399 e. The van der Waals surface area contributed by atoms with Gasteiger partial charge in [0.05, 0.1) is 6.54 Å². The molecule has 0 aliphatic carbocycles. The number of hydrogen-bond donors (Lipinski definition) is 2. The Hall–Kier alpha value is -3.10. The van der Waals surface area contributed by atoms with Crippen LogP contribution in [0.5, 0.6) is 0 Å². The number of rotatable bonds is 5. The molecule has 2 saturated heterocycles. The van der Waals surface area contributed by atoms with Crippen LogP contribution in [-0.4, -0.2) is 85.4 Å². The standard InChI is InChI=1S/C25H34N6O2/c1-28-11-10-21(29(2)25(33)18-6-8-19(26)9-7-18)15-23(28)16-30-12-13-31(24(32)17-30)22-5-3-4-20(27)14-22/h3-9,14,21,23H,10-13,15-17,26-27H2,1-2H3. The molecule has 0 radical (unpaired) electrons. The molecular formula is C25H34N6O2. The number of benzene rings is 2. The second kappa shape index (κ2) is 9.80. The molecule has 0 spiro atoms. The van der Waals surface area contributed by atoms with Gasteiger partial charge in [0.25, 0.3) is 5.91 Å². The van der Waals surface area contributed by atoms with E-state index in [1.54, 1.807) is 24.3 Å². The van der Waals surface area contributed by atoms with E-state index in [4.69, 9.17) is 11.5 Å². The minimum absolute atomic E-state index is 0.0224. The van der Waals surface area contributed by atoms with Gasteiger partial charge in [-0.05, 0) is 62.4 Å². The molecule has 2 amide bonds. The number of nitrogen functional groups attached to an aromatic ring is 2. The predicted molar refractivity (Wildman–Crippen MR) is 132 cm³/mol. The third-order valence-corrected chi connectivity index (χ3v) is 6.96. The number of amides is 2. The van der Waals surface area contributed by atoms with Crippen LogP contribution in [0.3, 0.4) is 0 Å². The molecule has 4 N–H and O–H groups in total. The number of piperidine rings is 1. The van der Waals surface area contributed by atoms with Crippen LogP contribution < -0.4 is 16.4 Å². The number of carbonyl (C=O) groups excluding carboxylic acids is 2. The van der Waals surface area contributed by atoms with Crippen LogP contribution in [0.4, 0.5) is 17.1 Å². The first-order chi connectivity index (χ1) is 15.8. The van der Waals surface area contributed by atoms with Crippen molar-refractivity contribution in [3.8, 4) is 0 Å². The number of likely N-dealkylation sites (tertiary alicyclic amines) is 1. The van der Waals surface area contributed by atoms with Gasteiger partial charge in [-0.1, -0.05) is 6.07 Å². The molecule has 2 unspecified atom stereocenters. The van der Waals surface area contributed by atoms with E-state index in [0.29, 0.717) is 30.0 Å². The number of piperazine rings is 1. The number of nitrogens with two attached hydrogens (primary N) is 2. The summed E-state index contributed by atoms with van der Waals surface area (Å²) < 4.78 is 0. The Morgan fingerprint density at radius 1 is 1.06 bits per heavy atom. The van der Waals surface area contributed by atoms with Crippen molar-refractivity contribution in [2.45, 2.75) is 24.9 Å². The molecule has 8 heteroatoms. The maximum atomic E-state index is 13.0. The summed E-state index contributed by atoms with van der Waals surface area (Å²) in [5.41, 5.74) is 14.5. The maximum absolute atomic E-state index is 13.0. The van der Waals surface area contributed by atoms with Gasteiger partial charge in [-0.25, -0.2) is 0 Å². The van der Waals surface area contributed by atoms with Gasteiger partial charge in [-0.3, -0.25) is 14.5 Å². The molecule has 8 nitrogen and oxygen atoms in total. The molecule has 0 aromatic heterocycles. The lowest BCUT2D eigenvalue weighted by molar-refractivity contribution is -0.121. The van der Waals surface area contributed by atoms with Crippen LogP contribution >= 0.6 is 0 Å². The molecule has 2 aliphatic heterocycles. The van der Waals surface area contributed by atoms with Crippen molar-refractivity contribution in [1.82, 2.24) is 14.7 Å². The first kappa shape index (κ1) is 23.1. The number of likely N-dealkylation sites (N-methyl/N-ethyl adjacent to an activating group) is 1. The normalized spacial score (nSPS) is 22.4. The van der Waals surface area contributed by atoms with E-state index >= 15 is 0 Å². The first-order valence-electron chi connectivity index (χ1n) is 11.5. The summed E-state index contributed by atoms with van der Waals surface area (Å²) >= 11 is 0. The molecular weight excluding hydrogens is 416 g/mol. The van der Waals surface area contributed by atoms with E-state index < -0.39 is 0 Å². The Morgan fingerprint density at radius 3 is 2.52 bits per heavy atom. The molecule has 0 bridgehead atoms. The molecule has 33 heavy (non-hydrogen) atoms. The second-order valence-electron chi connectivity index (χ2n) is 9.23. The van der Waals surface area contributed by atoms with Crippen LogP contribution in [0.2, 0.25) is 0 Å². The topological polar surface area (TPSA) is 99.1 Å². The lowest BCUT2D eigenvalue weighted by Gasteiger charge is -2.43. The van der Waals surface area contributed by atoms with Crippen molar-refractivity contribution in [3.05, 3.63) is 54.1 Å². The smallest absolute Gasteiger partial charge is 0.253 e. The van der Waals surface area contributed by atoms with Gasteiger partial charge in [0.15, 0.2) is 0 Å². The van der Waals surface area contributed by atoms with Crippen molar-refractivity contribution in [3.63, 3.8) is 0 Å². The third-order valence-electron chi connectivity index (χ3n) is 6.96. The van der Waals surface area contributed by atoms with Crippen molar-refractivity contribution in [2.75, 3.05) is 63.2 Å². The van der Waals surface area contributed by atoms with Crippen LogP contribution in [0.1, 0.15) is 23.2 Å². The monoisotopic (exact) mass is 450 g/mol. The lowest BCUT2D eigenvalue weighted by atomic mass is 9.95. The largest absolute Gasteiger partial charge is 0.399 e. The SMILES string of the molecule is CN1CCC(N(C)C(=O)c2ccc(N)cc2)CC1CN1CCN(c2cccc(N)c2)C(=O)C1. The highest BCUT2D eigenvalue weighted by atomic mass is 16.2. The third kappa shape index (κ3) is 5.29. The molecule has 4 rings (SSSR count). The van der Waals surface area contributed by atoms with Crippen molar-refractivity contribution < 1.29 is 9.59 Å². The fraction of sp³-hybridized carbons (Fsp3) is 0.440. The zero-order chi connectivity index (χ0) is 23.5. The molecule has 2 heterocycles. The van der Waals surface area contributed by atoms with E-state index in [1.807, 2.05) is 41.1 Å². The molecule has 2 aromatic carbocycles. The Bertz CT molecular complexity index is 995. The summed E-state index contributed by atoms with van der Waals surface area (Å²) in [6.45, 7) is 3.59. The summed E-state index contributed by atoms with van der Waals surface area (Å²) in [5, 5.41) is 0. The van der Waals surface area contributed by atoms with Crippen LogP contribution in [0.25, 0.3) is 0 Å². The number of carbonyl (C=O) groups is 2. The van der Waals surface area contributed by atoms with Gasteiger partial charge in [-0.15, -0.1) is 0 Å². The predicted octanol–water partition coefficient (Wildman–Crippen LogP) is 1.73. The molecule has 0 saturated carbocycles. The highest BCUT2D eigenvalue weighted by molar-refractivity contribution is 5.96. The molecule has 176 valence electrons. The van der Waals surface area contributed by atoms with Crippen molar-refractivity contribution in [1.29, 1.82) is 0 Å². The van der Waals surface area contributed by atoms with Gasteiger partial charge in [0.1, 0.15) is 0 Å². The van der Waals surface area contributed by atoms with Gasteiger partial charge >= 0.3 is 0 Å². The molecule has 2 atom stereocenters. The Labute approximate surface area is 195 Å². The van der Waals surface area contributed by atoms with E-state index in [9.17, 15) is 9.59 Å². The summed E-state index contributed by atoms with van der Waals surface area (Å²) in [5.74, 6) is 0.117. The van der Waals surface area contributed by atoms with E-state index in [2.05, 4.69) is 16.8 Å². The highest BCUT2D eigenvalue weighted by Crippen LogP contribution is 2.24. The molecule has 2 aromatic rings. The fourth-order valence-electron chi connectivity index (χ4n) is 4.85. The molecule has 2 aliphatic rings. The Balaban J connectivity index is 1.35. The maximum Gasteiger partial charge on any atom is 0.253 e. The van der Waals surface area contributed by atoms with Gasteiger partial charge in [0.2, 0.25) is 5.91 Å². The van der Waals surface area contributed by atoms with Crippen LogP contribution in [0.15, 0.2) is 48.5 Å². The second-order valence-corrected chi connectivity index (χ2v) is 9.23. The Kier molecular flexibility index (Phi) is 6.85. The zero-order valence-electron chi connectivity index (χ0n) is 19.5. The van der Waals surface area contributed by atoms with Gasteiger partial charge in [-0.2, -0.15) is 0 Å². The zero-order valence-corrected chi connectivity index (χ0v) is 19.5. The summed E-state index contributed by atoms with van der Waals surface area (Å²) in [7, 11) is 4.02. The van der Waals surface area contributed by atoms with Crippen molar-refractivity contribution in [2.24, 2.45) is 0 Å². The quantitative estimate of drug-likeness (QED) is 0.673. The fourth-order valence-corrected chi connectivity index (χ4v) is 4.85. The molecule has 2 fully saturated rings. The summed E-state index contributed by atoms with van der Waals surface area (Å²) in [4.78, 5) is 34.1.